The molecule has 0 saturated carbocycles. The Kier molecular flexibility index (Phi) is 9.00. The Hall–Kier alpha value is -3.76. The standard InChI is InChI=1S/C35H43N5O4/c1-23-16-24(2)37-35(42)32(23)20-36-34(41)31-19-30-18-29(28-7-5-6-27(17-28)21-38-8-12-43-13-9-38)22-40(30)33(25(31)3)26(4)39-10-14-44-15-11-39/h5-7,16-19,22,26H,8-15,20-21H2,1-4H3,(H,36,41)(H,37,42). The number of aromatic nitrogens is 2. The molecule has 1 unspecified atom stereocenters. The van der Waals surface area contributed by atoms with Crippen LogP contribution in [0.5, 0.6) is 0 Å². The number of H-pyrrole nitrogens is 1. The van der Waals surface area contributed by atoms with Crippen LogP contribution in [0.4, 0.5) is 0 Å². The van der Waals surface area contributed by atoms with Crippen LogP contribution < -0.4 is 10.9 Å². The number of amides is 1. The van der Waals surface area contributed by atoms with Crippen LogP contribution in [0.2, 0.25) is 0 Å². The lowest BCUT2D eigenvalue weighted by molar-refractivity contribution is 0.0187. The molecule has 1 atom stereocenters. The van der Waals surface area contributed by atoms with E-state index < -0.39 is 0 Å². The van der Waals surface area contributed by atoms with Crippen molar-refractivity contribution < 1.29 is 14.3 Å². The van der Waals surface area contributed by atoms with Gasteiger partial charge < -0.3 is 24.2 Å². The Morgan fingerprint density at radius 1 is 0.955 bits per heavy atom. The smallest absolute Gasteiger partial charge is 0.253 e. The van der Waals surface area contributed by atoms with Crippen molar-refractivity contribution in [2.24, 2.45) is 0 Å². The second kappa shape index (κ2) is 13.1. The molecule has 2 saturated heterocycles. The van der Waals surface area contributed by atoms with Gasteiger partial charge in [0.05, 0.1) is 26.4 Å². The molecule has 0 aliphatic carbocycles. The highest BCUT2D eigenvalue weighted by molar-refractivity contribution is 5.97. The Morgan fingerprint density at radius 2 is 1.68 bits per heavy atom. The van der Waals surface area contributed by atoms with Gasteiger partial charge in [-0.2, -0.15) is 0 Å². The van der Waals surface area contributed by atoms with Gasteiger partial charge in [-0.15, -0.1) is 0 Å². The average Bonchev–Trinajstić information content (AvgIpc) is 3.45. The number of carbonyl (C=O) groups is 1. The highest BCUT2D eigenvalue weighted by atomic mass is 16.5. The molecule has 232 valence electrons. The minimum Gasteiger partial charge on any atom is -0.379 e. The lowest BCUT2D eigenvalue weighted by atomic mass is 10.0. The predicted molar refractivity (Wildman–Crippen MR) is 172 cm³/mol. The van der Waals surface area contributed by atoms with Crippen LogP contribution in [0, 0.1) is 20.8 Å². The number of nitrogens with zero attached hydrogens (tertiary/aromatic N) is 3. The molecule has 44 heavy (non-hydrogen) atoms. The minimum atomic E-state index is -0.185. The summed E-state index contributed by atoms with van der Waals surface area (Å²) in [6.45, 7) is 15.6. The number of aromatic amines is 1. The molecule has 2 aliphatic heterocycles. The van der Waals surface area contributed by atoms with Crippen molar-refractivity contribution in [3.8, 4) is 11.1 Å². The lowest BCUT2D eigenvalue weighted by Crippen LogP contribution is -2.39. The first kappa shape index (κ1) is 30.3. The largest absolute Gasteiger partial charge is 0.379 e. The van der Waals surface area contributed by atoms with E-state index in [0.717, 1.165) is 85.1 Å². The number of pyridine rings is 2. The number of hydrogen-bond acceptors (Lipinski definition) is 6. The molecule has 9 nitrogen and oxygen atoms in total. The number of ether oxygens (including phenoxy) is 2. The van der Waals surface area contributed by atoms with Crippen LogP contribution >= 0.6 is 0 Å². The molecular weight excluding hydrogens is 554 g/mol. The summed E-state index contributed by atoms with van der Waals surface area (Å²) >= 11 is 0. The first-order chi connectivity index (χ1) is 21.3. The van der Waals surface area contributed by atoms with Crippen molar-refractivity contribution in [1.29, 1.82) is 0 Å². The van der Waals surface area contributed by atoms with Crippen LogP contribution in [0.1, 0.15) is 57.0 Å². The SMILES string of the molecule is Cc1cc(C)c(CNC(=O)c2cc3cc(-c4cccc(CN5CCOCC5)c4)cn3c(C(C)N3CCOCC3)c2C)c(=O)[nH]1. The maximum atomic E-state index is 13.8. The highest BCUT2D eigenvalue weighted by Crippen LogP contribution is 2.32. The third-order valence-electron chi connectivity index (χ3n) is 9.11. The van der Waals surface area contributed by atoms with Gasteiger partial charge >= 0.3 is 0 Å². The number of aryl methyl sites for hydroxylation is 2. The predicted octanol–water partition coefficient (Wildman–Crippen LogP) is 4.38. The van der Waals surface area contributed by atoms with Crippen molar-refractivity contribution in [2.75, 3.05) is 52.6 Å². The molecule has 5 heterocycles. The molecular formula is C35H43N5O4. The molecule has 2 fully saturated rings. The molecule has 2 N–H and O–H groups in total. The van der Waals surface area contributed by atoms with Gasteiger partial charge in [0.1, 0.15) is 0 Å². The van der Waals surface area contributed by atoms with Gasteiger partial charge in [-0.3, -0.25) is 19.4 Å². The van der Waals surface area contributed by atoms with Gasteiger partial charge in [0, 0.05) is 85.1 Å². The second-order valence-corrected chi connectivity index (χ2v) is 12.1. The molecule has 6 rings (SSSR count). The Morgan fingerprint density at radius 3 is 2.41 bits per heavy atom. The third-order valence-corrected chi connectivity index (χ3v) is 9.11. The third kappa shape index (κ3) is 6.37. The minimum absolute atomic E-state index is 0.0734. The maximum absolute atomic E-state index is 13.8. The fraction of sp³-hybridized carbons (Fsp3) is 0.429. The molecule has 1 aromatic carbocycles. The summed E-state index contributed by atoms with van der Waals surface area (Å²) in [5, 5.41) is 3.04. The fourth-order valence-electron chi connectivity index (χ4n) is 6.65. The van der Waals surface area contributed by atoms with E-state index in [2.05, 4.69) is 68.0 Å². The number of fused-ring (bicyclic) bond motifs is 1. The Labute approximate surface area is 258 Å². The van der Waals surface area contributed by atoms with Gasteiger partial charge in [0.2, 0.25) is 0 Å². The lowest BCUT2D eigenvalue weighted by Gasteiger charge is -2.34. The van der Waals surface area contributed by atoms with Crippen LogP contribution in [0.3, 0.4) is 0 Å². The highest BCUT2D eigenvalue weighted by Gasteiger charge is 2.26. The van der Waals surface area contributed by atoms with E-state index in [4.69, 9.17) is 9.47 Å². The summed E-state index contributed by atoms with van der Waals surface area (Å²) in [6.07, 6.45) is 2.21. The van der Waals surface area contributed by atoms with Gasteiger partial charge in [0.25, 0.3) is 11.5 Å². The van der Waals surface area contributed by atoms with Crippen LogP contribution in [0.25, 0.3) is 16.6 Å². The topological polar surface area (TPSA) is 91.3 Å². The quantitative estimate of drug-likeness (QED) is 0.314. The first-order valence-electron chi connectivity index (χ1n) is 15.6. The van der Waals surface area contributed by atoms with Crippen molar-refractivity contribution >= 4 is 11.4 Å². The summed E-state index contributed by atoms with van der Waals surface area (Å²) in [7, 11) is 0. The van der Waals surface area contributed by atoms with E-state index in [0.29, 0.717) is 24.3 Å². The van der Waals surface area contributed by atoms with Gasteiger partial charge in [-0.05, 0) is 74.2 Å². The average molecular weight is 598 g/mol. The normalized spacial score (nSPS) is 17.2. The number of hydrogen-bond donors (Lipinski definition) is 2. The molecule has 1 amide bonds. The molecule has 3 aromatic heterocycles. The Balaban J connectivity index is 1.36. The number of carbonyl (C=O) groups excluding carboxylic acids is 1. The number of rotatable bonds is 8. The van der Waals surface area contributed by atoms with Crippen LogP contribution in [0.15, 0.2) is 53.5 Å². The zero-order valence-corrected chi connectivity index (χ0v) is 26.2. The van der Waals surface area contributed by atoms with Crippen molar-refractivity contribution in [3.63, 3.8) is 0 Å². The van der Waals surface area contributed by atoms with E-state index in [1.165, 1.54) is 5.56 Å². The summed E-state index contributed by atoms with van der Waals surface area (Å²) in [6, 6.07) is 14.9. The zero-order valence-electron chi connectivity index (χ0n) is 26.2. The van der Waals surface area contributed by atoms with E-state index >= 15 is 0 Å². The first-order valence-corrected chi connectivity index (χ1v) is 15.6. The van der Waals surface area contributed by atoms with E-state index in [9.17, 15) is 9.59 Å². The van der Waals surface area contributed by atoms with E-state index in [1.54, 1.807) is 0 Å². The molecule has 0 bridgehead atoms. The molecule has 2 aliphatic rings. The molecule has 9 heteroatoms. The maximum Gasteiger partial charge on any atom is 0.253 e. The molecule has 0 radical (unpaired) electrons. The molecule has 0 spiro atoms. The van der Waals surface area contributed by atoms with Gasteiger partial charge in [-0.25, -0.2) is 0 Å². The van der Waals surface area contributed by atoms with Gasteiger partial charge in [-0.1, -0.05) is 18.2 Å². The van der Waals surface area contributed by atoms with E-state index in [-0.39, 0.29) is 24.1 Å². The monoisotopic (exact) mass is 597 g/mol. The van der Waals surface area contributed by atoms with Crippen molar-refractivity contribution in [3.05, 3.63) is 98.2 Å². The summed E-state index contributed by atoms with van der Waals surface area (Å²) in [5.74, 6) is -0.185. The zero-order chi connectivity index (χ0) is 30.8. The Bertz CT molecular complexity index is 1710. The summed E-state index contributed by atoms with van der Waals surface area (Å²) < 4.78 is 13.4. The van der Waals surface area contributed by atoms with Crippen LogP contribution in [-0.2, 0) is 22.6 Å². The fourth-order valence-corrected chi connectivity index (χ4v) is 6.65. The van der Waals surface area contributed by atoms with Crippen molar-refractivity contribution in [2.45, 2.75) is 46.8 Å². The summed E-state index contributed by atoms with van der Waals surface area (Å²) in [4.78, 5) is 34.1. The number of benzene rings is 1. The molecule has 4 aromatic rings. The van der Waals surface area contributed by atoms with E-state index in [1.807, 2.05) is 32.9 Å². The number of morpholine rings is 2. The number of nitrogens with one attached hydrogen (secondary N) is 2. The van der Waals surface area contributed by atoms with Crippen LogP contribution in [-0.4, -0.2) is 77.7 Å². The van der Waals surface area contributed by atoms with Crippen molar-refractivity contribution in [1.82, 2.24) is 24.5 Å². The second-order valence-electron chi connectivity index (χ2n) is 12.1. The summed E-state index contributed by atoms with van der Waals surface area (Å²) in [5.41, 5.74) is 9.25. The van der Waals surface area contributed by atoms with Gasteiger partial charge in [0.15, 0.2) is 0 Å².